The summed E-state index contributed by atoms with van der Waals surface area (Å²) in [7, 11) is 0. The summed E-state index contributed by atoms with van der Waals surface area (Å²) in [6, 6.07) is 0. The molecule has 1 fully saturated rings. The van der Waals surface area contributed by atoms with Gasteiger partial charge in [0, 0.05) is 0 Å². The van der Waals surface area contributed by atoms with E-state index in [1.165, 1.54) is 0 Å². The zero-order valence-electron chi connectivity index (χ0n) is 9.44. The van der Waals surface area contributed by atoms with Crippen LogP contribution in [0.25, 0.3) is 0 Å². The lowest BCUT2D eigenvalue weighted by Crippen LogP contribution is -2.44. The molecule has 6 heteroatoms. The fourth-order valence-corrected chi connectivity index (χ4v) is 1.88. The summed E-state index contributed by atoms with van der Waals surface area (Å²) in [5.74, 6) is 0. The summed E-state index contributed by atoms with van der Waals surface area (Å²) in [6.45, 7) is 6.93. The molecule has 0 heterocycles. The van der Waals surface area contributed by atoms with E-state index in [1.807, 2.05) is 0 Å². The zero-order chi connectivity index (χ0) is 11.9. The van der Waals surface area contributed by atoms with Crippen LogP contribution in [-0.2, 0) is 16.0 Å². The predicted octanol–water partition coefficient (Wildman–Crippen LogP) is 1.91. The maximum absolute atomic E-state index is 11.6. The maximum atomic E-state index is 11.6. The number of carbonyl (C=O) groups excluding carboxylic acids is 1. The van der Waals surface area contributed by atoms with Crippen LogP contribution < -0.4 is 0 Å². The van der Waals surface area contributed by atoms with Crippen molar-refractivity contribution in [1.29, 1.82) is 0 Å². The molecule has 1 saturated carbocycles. The summed E-state index contributed by atoms with van der Waals surface area (Å²) < 4.78 is 26.1. The molecular weight excluding hydrogens is 218 g/mol. The van der Waals surface area contributed by atoms with Crippen LogP contribution in [0.15, 0.2) is 0 Å². The first-order chi connectivity index (χ1) is 6.66. The van der Waals surface area contributed by atoms with Gasteiger partial charge in [-0.2, -0.15) is 4.31 Å². The molecule has 1 amide bonds. The highest BCUT2D eigenvalue weighted by molar-refractivity contribution is 7.77. The van der Waals surface area contributed by atoms with Crippen LogP contribution in [0, 0.1) is 0 Å². The molecule has 0 bridgehead atoms. The number of ether oxygens (including phenoxy) is 1. The van der Waals surface area contributed by atoms with Crippen molar-refractivity contribution in [3.05, 3.63) is 0 Å². The third kappa shape index (κ3) is 3.17. The smallest absolute Gasteiger partial charge is 0.424 e. The van der Waals surface area contributed by atoms with Crippen LogP contribution in [0.4, 0.5) is 4.79 Å². The Morgan fingerprint density at radius 3 is 2.20 bits per heavy atom. The molecule has 0 aromatic carbocycles. The van der Waals surface area contributed by atoms with Crippen LogP contribution in [0.3, 0.4) is 0 Å². The van der Waals surface area contributed by atoms with Gasteiger partial charge in [-0.1, -0.05) is 0 Å². The predicted molar refractivity (Wildman–Crippen MR) is 56.5 cm³/mol. The monoisotopic (exact) mass is 235 g/mol. The van der Waals surface area contributed by atoms with Crippen molar-refractivity contribution in [2.75, 3.05) is 0 Å². The van der Waals surface area contributed by atoms with Crippen molar-refractivity contribution in [2.45, 2.75) is 51.7 Å². The summed E-state index contributed by atoms with van der Waals surface area (Å²) in [6.07, 6.45) is 0.736. The summed E-state index contributed by atoms with van der Waals surface area (Å²) >= 11 is -2.32. The van der Waals surface area contributed by atoms with Crippen LogP contribution in [0.2, 0.25) is 0 Å². The molecule has 0 saturated heterocycles. The Balaban J connectivity index is 2.74. The molecule has 1 rings (SSSR count). The van der Waals surface area contributed by atoms with E-state index in [9.17, 15) is 9.00 Å². The van der Waals surface area contributed by atoms with Crippen LogP contribution in [-0.4, -0.2) is 30.3 Å². The average molecular weight is 235 g/mol. The molecule has 15 heavy (non-hydrogen) atoms. The fourth-order valence-electron chi connectivity index (χ4n) is 1.16. The van der Waals surface area contributed by atoms with Crippen molar-refractivity contribution in [1.82, 2.24) is 4.31 Å². The van der Waals surface area contributed by atoms with E-state index in [4.69, 9.17) is 9.29 Å². The first kappa shape index (κ1) is 12.4. The fraction of sp³-hybridized carbons (Fsp3) is 0.889. The normalized spacial score (nSPS) is 20.6. The van der Waals surface area contributed by atoms with Gasteiger partial charge < -0.3 is 4.74 Å². The molecule has 5 nitrogen and oxygen atoms in total. The number of hydrogen-bond donors (Lipinski definition) is 1. The largest absolute Gasteiger partial charge is 0.443 e. The maximum Gasteiger partial charge on any atom is 0.424 e. The van der Waals surface area contributed by atoms with Gasteiger partial charge in [-0.05, 0) is 40.5 Å². The van der Waals surface area contributed by atoms with Crippen molar-refractivity contribution in [3.63, 3.8) is 0 Å². The van der Waals surface area contributed by atoms with E-state index in [0.717, 1.165) is 17.1 Å². The number of hydrogen-bond acceptors (Lipinski definition) is 3. The van der Waals surface area contributed by atoms with Gasteiger partial charge in [-0.3, -0.25) is 4.55 Å². The minimum Gasteiger partial charge on any atom is -0.443 e. The summed E-state index contributed by atoms with van der Waals surface area (Å²) in [5, 5.41) is 0. The Morgan fingerprint density at radius 2 is 1.93 bits per heavy atom. The Bertz CT molecular complexity index is 293. The number of rotatable bonds is 2. The van der Waals surface area contributed by atoms with E-state index in [0.29, 0.717) is 0 Å². The van der Waals surface area contributed by atoms with Crippen LogP contribution in [0.5, 0.6) is 0 Å². The van der Waals surface area contributed by atoms with E-state index < -0.39 is 28.5 Å². The van der Waals surface area contributed by atoms with Gasteiger partial charge in [0.05, 0.1) is 5.54 Å². The van der Waals surface area contributed by atoms with Gasteiger partial charge in [-0.15, -0.1) is 0 Å². The van der Waals surface area contributed by atoms with Gasteiger partial charge in [0.2, 0.25) is 0 Å². The highest BCUT2D eigenvalue weighted by Gasteiger charge is 2.50. The molecule has 1 N–H and O–H groups in total. The van der Waals surface area contributed by atoms with Crippen LogP contribution >= 0.6 is 0 Å². The molecule has 1 aliphatic carbocycles. The first-order valence-electron chi connectivity index (χ1n) is 4.80. The summed E-state index contributed by atoms with van der Waals surface area (Å²) in [4.78, 5) is 11.6. The Morgan fingerprint density at radius 1 is 1.47 bits per heavy atom. The molecule has 88 valence electrons. The quantitative estimate of drug-likeness (QED) is 0.742. The molecule has 0 radical (unpaired) electrons. The van der Waals surface area contributed by atoms with Crippen molar-refractivity contribution in [2.24, 2.45) is 0 Å². The lowest BCUT2D eigenvalue weighted by Gasteiger charge is -2.28. The number of amides is 1. The summed E-state index contributed by atoms with van der Waals surface area (Å²) in [5.41, 5.74) is -1.16. The topological polar surface area (TPSA) is 66.8 Å². The van der Waals surface area contributed by atoms with Crippen molar-refractivity contribution in [3.8, 4) is 0 Å². The highest BCUT2D eigenvalue weighted by atomic mass is 32.2. The lowest BCUT2D eigenvalue weighted by atomic mass is 10.2. The second-order valence-corrected chi connectivity index (χ2v) is 5.83. The zero-order valence-corrected chi connectivity index (χ0v) is 10.3. The second-order valence-electron chi connectivity index (χ2n) is 5.00. The average Bonchev–Trinajstić information content (AvgIpc) is 2.62. The van der Waals surface area contributed by atoms with E-state index in [2.05, 4.69) is 0 Å². The number of nitrogens with zero attached hydrogens (tertiary/aromatic N) is 1. The molecule has 0 spiro atoms. The van der Waals surface area contributed by atoms with E-state index in [-0.39, 0.29) is 0 Å². The van der Waals surface area contributed by atoms with Gasteiger partial charge in [0.25, 0.3) is 11.3 Å². The number of carbonyl (C=O) groups is 1. The lowest BCUT2D eigenvalue weighted by molar-refractivity contribution is 0.0329. The van der Waals surface area contributed by atoms with Crippen molar-refractivity contribution < 1.29 is 18.3 Å². The first-order valence-corrected chi connectivity index (χ1v) is 5.86. The minimum atomic E-state index is -2.32. The molecule has 1 aliphatic rings. The molecular formula is C9H17NO4S. The molecule has 1 unspecified atom stereocenters. The standard InChI is InChI=1S/C9H17NO4S/c1-8(2,3)14-7(11)10(15(12)13)9(4)5-6-9/h5-6H2,1-4H3,(H,12,13). The SMILES string of the molecule is CC(C)(C)OC(=O)N(S(=O)O)C1(C)CC1. The Labute approximate surface area is 92.2 Å². The molecule has 0 aliphatic heterocycles. The third-order valence-corrected chi connectivity index (χ3v) is 3.08. The Hall–Kier alpha value is -0.620. The second kappa shape index (κ2) is 3.75. The van der Waals surface area contributed by atoms with Gasteiger partial charge in [0.1, 0.15) is 5.60 Å². The molecule has 1 atom stereocenters. The Kier molecular flexibility index (Phi) is 3.11. The van der Waals surface area contributed by atoms with Gasteiger partial charge in [0.15, 0.2) is 0 Å². The molecule has 0 aromatic rings. The third-order valence-electron chi connectivity index (χ3n) is 2.18. The highest BCUT2D eigenvalue weighted by Crippen LogP contribution is 2.42. The van der Waals surface area contributed by atoms with E-state index >= 15 is 0 Å². The van der Waals surface area contributed by atoms with E-state index in [1.54, 1.807) is 27.7 Å². The van der Waals surface area contributed by atoms with Crippen molar-refractivity contribution >= 4 is 17.4 Å². The minimum absolute atomic E-state index is 0.512. The molecule has 0 aromatic heterocycles. The van der Waals surface area contributed by atoms with Gasteiger partial charge >= 0.3 is 6.09 Å². The van der Waals surface area contributed by atoms with Crippen LogP contribution in [0.1, 0.15) is 40.5 Å². The van der Waals surface area contributed by atoms with Gasteiger partial charge in [-0.25, -0.2) is 9.00 Å².